The molecule has 0 bridgehead atoms. The first-order chi connectivity index (χ1) is 13.7. The van der Waals surface area contributed by atoms with Gasteiger partial charge in [-0.2, -0.15) is 5.10 Å². The summed E-state index contributed by atoms with van der Waals surface area (Å²) in [5, 5.41) is 7.21. The molecule has 1 fully saturated rings. The van der Waals surface area contributed by atoms with Gasteiger partial charge in [-0.1, -0.05) is 11.6 Å². The van der Waals surface area contributed by atoms with Crippen molar-refractivity contribution < 1.29 is 17.6 Å². The Morgan fingerprint density at radius 2 is 2.03 bits per heavy atom. The third kappa shape index (κ3) is 4.04. The Labute approximate surface area is 173 Å². The van der Waals surface area contributed by atoms with Gasteiger partial charge in [0.25, 0.3) is 0 Å². The lowest BCUT2D eigenvalue weighted by Crippen LogP contribution is -2.46. The van der Waals surface area contributed by atoms with E-state index >= 15 is 0 Å². The summed E-state index contributed by atoms with van der Waals surface area (Å²) in [6.45, 7) is 2.34. The molecule has 0 aliphatic carbocycles. The van der Waals surface area contributed by atoms with Gasteiger partial charge in [-0.15, -0.1) is 0 Å². The van der Waals surface area contributed by atoms with Crippen LogP contribution in [0.5, 0.6) is 0 Å². The van der Waals surface area contributed by atoms with E-state index < -0.39 is 21.1 Å². The second-order valence-electron chi connectivity index (χ2n) is 7.86. The molecule has 1 aromatic carbocycles. The van der Waals surface area contributed by atoms with Crippen molar-refractivity contribution in [1.29, 1.82) is 0 Å². The fourth-order valence-electron chi connectivity index (χ4n) is 4.15. The number of benzene rings is 1. The van der Waals surface area contributed by atoms with Gasteiger partial charge in [0.15, 0.2) is 0 Å². The number of rotatable bonds is 5. The highest BCUT2D eigenvalue weighted by molar-refractivity contribution is 7.90. The van der Waals surface area contributed by atoms with Crippen LogP contribution in [0.1, 0.15) is 24.0 Å². The smallest absolute Gasteiger partial charge is 0.235 e. The highest BCUT2D eigenvalue weighted by atomic mass is 35.5. The molecule has 29 heavy (non-hydrogen) atoms. The zero-order valence-electron chi connectivity index (χ0n) is 16.0. The Bertz CT molecular complexity index is 1060. The highest BCUT2D eigenvalue weighted by Crippen LogP contribution is 2.47. The highest BCUT2D eigenvalue weighted by Gasteiger charge is 2.49. The summed E-state index contributed by atoms with van der Waals surface area (Å²) in [6.07, 6.45) is 5.95. The molecule has 1 aromatic heterocycles. The van der Waals surface area contributed by atoms with Crippen LogP contribution >= 0.6 is 11.6 Å². The summed E-state index contributed by atoms with van der Waals surface area (Å²) < 4.78 is 38.4. The number of hydrogen-bond acceptors (Lipinski definition) is 5. The Hall–Kier alpha value is -1.97. The Morgan fingerprint density at radius 1 is 1.31 bits per heavy atom. The predicted octanol–water partition coefficient (Wildman–Crippen LogP) is 2.21. The minimum atomic E-state index is -3.03. The van der Waals surface area contributed by atoms with Gasteiger partial charge in [-0.25, -0.2) is 12.8 Å². The first-order valence-electron chi connectivity index (χ1n) is 9.39. The number of aryl methyl sites for hydroxylation is 1. The normalized spacial score (nSPS) is 18.8. The number of amides is 1. The SMILES string of the molecule is CS(=O)(=O)CCn1cc(CN2CCC3(CC2)C(=O)Nc2c(F)cc(Cl)cc23)cn1. The molecule has 1 N–H and O–H groups in total. The molecule has 156 valence electrons. The van der Waals surface area contributed by atoms with Gasteiger partial charge < -0.3 is 5.32 Å². The quantitative estimate of drug-likeness (QED) is 0.770. The number of halogens is 2. The van der Waals surface area contributed by atoms with Crippen molar-refractivity contribution in [3.63, 3.8) is 0 Å². The zero-order valence-corrected chi connectivity index (χ0v) is 17.6. The van der Waals surface area contributed by atoms with Crippen LogP contribution in [0.15, 0.2) is 24.5 Å². The topological polar surface area (TPSA) is 84.3 Å². The van der Waals surface area contributed by atoms with Crippen molar-refractivity contribution in [2.45, 2.75) is 31.3 Å². The summed E-state index contributed by atoms with van der Waals surface area (Å²) in [6, 6.07) is 2.91. The molecule has 7 nitrogen and oxygen atoms in total. The van der Waals surface area contributed by atoms with Gasteiger partial charge in [0, 0.05) is 29.6 Å². The van der Waals surface area contributed by atoms with Crippen molar-refractivity contribution in [3.8, 4) is 0 Å². The third-order valence-corrected chi connectivity index (χ3v) is 6.88. The van der Waals surface area contributed by atoms with Crippen molar-refractivity contribution >= 4 is 33.0 Å². The predicted molar refractivity (Wildman–Crippen MR) is 108 cm³/mol. The van der Waals surface area contributed by atoms with Crippen LogP contribution in [0, 0.1) is 5.82 Å². The summed E-state index contributed by atoms with van der Waals surface area (Å²) in [7, 11) is -3.03. The number of nitrogens with one attached hydrogen (secondary N) is 1. The van der Waals surface area contributed by atoms with Gasteiger partial charge in [-0.3, -0.25) is 14.4 Å². The van der Waals surface area contributed by atoms with E-state index in [9.17, 15) is 17.6 Å². The number of sulfone groups is 1. The number of nitrogens with zero attached hydrogens (tertiary/aromatic N) is 3. The van der Waals surface area contributed by atoms with Crippen molar-refractivity contribution in [2.75, 3.05) is 30.4 Å². The first kappa shape index (κ1) is 20.3. The number of aromatic nitrogens is 2. The second-order valence-corrected chi connectivity index (χ2v) is 10.6. The van der Waals surface area contributed by atoms with E-state index in [1.807, 2.05) is 6.20 Å². The number of hydrogen-bond donors (Lipinski definition) is 1. The number of carbonyl (C=O) groups excluding carboxylic acids is 1. The molecular weight excluding hydrogens is 419 g/mol. The number of likely N-dealkylation sites (tertiary alicyclic amines) is 1. The Balaban J connectivity index is 1.42. The molecule has 0 atom stereocenters. The van der Waals surface area contributed by atoms with Crippen molar-refractivity contribution in [3.05, 3.63) is 46.5 Å². The molecule has 1 saturated heterocycles. The van der Waals surface area contributed by atoms with E-state index in [0.717, 1.165) is 5.56 Å². The van der Waals surface area contributed by atoms with E-state index in [1.165, 1.54) is 12.3 Å². The molecule has 1 spiro atoms. The van der Waals surface area contributed by atoms with Crippen molar-refractivity contribution in [2.24, 2.45) is 0 Å². The fraction of sp³-hybridized carbons (Fsp3) is 0.474. The fourth-order valence-corrected chi connectivity index (χ4v) is 4.87. The molecule has 2 aliphatic heterocycles. The van der Waals surface area contributed by atoms with Gasteiger partial charge >= 0.3 is 0 Å². The average molecular weight is 441 g/mol. The summed E-state index contributed by atoms with van der Waals surface area (Å²) >= 11 is 6.03. The average Bonchev–Trinajstić information content (AvgIpc) is 3.19. The summed E-state index contributed by atoms with van der Waals surface area (Å²) in [5.74, 6) is -0.614. The lowest BCUT2D eigenvalue weighted by atomic mass is 9.73. The lowest BCUT2D eigenvalue weighted by molar-refractivity contribution is -0.122. The molecule has 3 heterocycles. The van der Waals surface area contributed by atoms with E-state index in [2.05, 4.69) is 15.3 Å². The van der Waals surface area contributed by atoms with Crippen LogP contribution in [-0.2, 0) is 33.1 Å². The van der Waals surface area contributed by atoms with Crippen molar-refractivity contribution in [1.82, 2.24) is 14.7 Å². The van der Waals surface area contributed by atoms with Crippen LogP contribution in [-0.4, -0.2) is 54.1 Å². The Kier molecular flexibility index (Phi) is 5.16. The maximum Gasteiger partial charge on any atom is 0.235 e. The number of piperidine rings is 1. The van der Waals surface area contributed by atoms with Crippen LogP contribution in [0.3, 0.4) is 0 Å². The van der Waals surface area contributed by atoms with E-state index in [-0.39, 0.29) is 17.3 Å². The zero-order chi connectivity index (χ0) is 20.8. The third-order valence-electron chi connectivity index (χ3n) is 5.74. The first-order valence-corrected chi connectivity index (χ1v) is 11.8. The number of fused-ring (bicyclic) bond motifs is 2. The van der Waals surface area contributed by atoms with Crippen LogP contribution in [0.4, 0.5) is 10.1 Å². The maximum absolute atomic E-state index is 14.2. The molecule has 0 unspecified atom stereocenters. The molecule has 0 radical (unpaired) electrons. The van der Waals surface area contributed by atoms with Crippen LogP contribution in [0.2, 0.25) is 5.02 Å². The summed E-state index contributed by atoms with van der Waals surface area (Å²) in [5.41, 5.74) is 1.15. The van der Waals surface area contributed by atoms with E-state index in [4.69, 9.17) is 11.6 Å². The largest absolute Gasteiger partial charge is 0.323 e. The van der Waals surface area contributed by atoms with Gasteiger partial charge in [-0.05, 0) is 43.6 Å². The molecule has 2 aliphatic rings. The summed E-state index contributed by atoms with van der Waals surface area (Å²) in [4.78, 5) is 14.9. The Morgan fingerprint density at radius 3 is 2.72 bits per heavy atom. The van der Waals surface area contributed by atoms with Crippen LogP contribution < -0.4 is 5.32 Å². The molecule has 0 saturated carbocycles. The van der Waals surface area contributed by atoms with Gasteiger partial charge in [0.1, 0.15) is 15.7 Å². The number of carbonyl (C=O) groups is 1. The molecule has 4 rings (SSSR count). The molecule has 1 amide bonds. The van der Waals surface area contributed by atoms with E-state index in [1.54, 1.807) is 16.9 Å². The number of anilines is 1. The minimum Gasteiger partial charge on any atom is -0.323 e. The van der Waals surface area contributed by atoms with E-state index in [0.29, 0.717) is 49.6 Å². The standard InChI is InChI=1S/C19H22ClFN4O3S/c1-29(27,28)7-6-25-12-13(10-22-25)11-24-4-2-19(3-5-24)15-8-14(20)9-16(21)17(15)23-18(19)26/h8-10,12H,2-7,11H2,1H3,(H,23,26). The molecule has 2 aromatic rings. The molecule has 10 heteroatoms. The van der Waals surface area contributed by atoms with Crippen LogP contribution in [0.25, 0.3) is 0 Å². The minimum absolute atomic E-state index is 0.0496. The molecular formula is C19H22ClFN4O3S. The van der Waals surface area contributed by atoms with Gasteiger partial charge in [0.05, 0.1) is 29.6 Å². The second kappa shape index (κ2) is 7.37. The monoisotopic (exact) mass is 440 g/mol. The maximum atomic E-state index is 14.2. The lowest BCUT2D eigenvalue weighted by Gasteiger charge is -2.37. The van der Waals surface area contributed by atoms with Gasteiger partial charge in [0.2, 0.25) is 5.91 Å².